The Bertz CT molecular complexity index is 942. The highest BCUT2D eigenvalue weighted by molar-refractivity contribution is 6.03. The van der Waals surface area contributed by atoms with Gasteiger partial charge in [0.2, 0.25) is 0 Å². The van der Waals surface area contributed by atoms with E-state index in [4.69, 9.17) is 4.42 Å². The molecule has 1 aromatic heterocycles. The van der Waals surface area contributed by atoms with Crippen LogP contribution in [0.5, 0.6) is 0 Å². The minimum Gasteiger partial charge on any atom is -0.431 e. The zero-order valence-corrected chi connectivity index (χ0v) is 13.3. The topological polar surface area (TPSA) is 84.2 Å². The summed E-state index contributed by atoms with van der Waals surface area (Å²) in [7, 11) is 0. The van der Waals surface area contributed by atoms with Gasteiger partial charge in [-0.2, -0.15) is 4.98 Å². The van der Waals surface area contributed by atoms with E-state index in [9.17, 15) is 18.4 Å². The van der Waals surface area contributed by atoms with E-state index in [0.717, 1.165) is 18.4 Å². The molecule has 1 heterocycles. The summed E-state index contributed by atoms with van der Waals surface area (Å²) in [4.78, 5) is 27.9. The largest absolute Gasteiger partial charge is 0.431 e. The lowest BCUT2D eigenvalue weighted by Crippen LogP contribution is -2.23. The van der Waals surface area contributed by atoms with Crippen molar-refractivity contribution in [1.29, 1.82) is 0 Å². The summed E-state index contributed by atoms with van der Waals surface area (Å²) >= 11 is 0. The van der Waals surface area contributed by atoms with Crippen LogP contribution in [0.4, 0.5) is 14.8 Å². The van der Waals surface area contributed by atoms with E-state index in [1.807, 2.05) is 0 Å². The SMILES string of the molecule is O=C(Nc1nc(C(=O)NCc2ccc(F)cc2F)co1)c1ccccc1. The number of oxazole rings is 1. The number of nitrogens with zero attached hydrogens (tertiary/aromatic N) is 1. The molecular formula is C18H13F2N3O3. The summed E-state index contributed by atoms with van der Waals surface area (Å²) in [6.45, 7) is -0.149. The number of anilines is 1. The molecule has 0 fully saturated rings. The van der Waals surface area contributed by atoms with Crippen molar-refractivity contribution in [3.63, 3.8) is 0 Å². The molecule has 0 saturated heterocycles. The Hall–Kier alpha value is -3.55. The highest BCUT2D eigenvalue weighted by Gasteiger charge is 2.15. The molecule has 0 unspecified atom stereocenters. The summed E-state index contributed by atoms with van der Waals surface area (Å²) in [5, 5.41) is 4.86. The van der Waals surface area contributed by atoms with Gasteiger partial charge in [0.25, 0.3) is 11.8 Å². The monoisotopic (exact) mass is 357 g/mol. The van der Waals surface area contributed by atoms with Crippen LogP contribution in [0.1, 0.15) is 26.4 Å². The Kier molecular flexibility index (Phi) is 5.02. The predicted molar refractivity (Wildman–Crippen MR) is 88.4 cm³/mol. The number of carbonyl (C=O) groups is 2. The molecule has 0 aliphatic rings. The molecule has 0 saturated carbocycles. The van der Waals surface area contributed by atoms with E-state index in [-0.39, 0.29) is 23.8 Å². The molecule has 0 bridgehead atoms. The first-order chi connectivity index (χ1) is 12.5. The highest BCUT2D eigenvalue weighted by atomic mass is 19.1. The molecule has 2 aromatic carbocycles. The van der Waals surface area contributed by atoms with Gasteiger partial charge in [0.05, 0.1) is 0 Å². The molecular weight excluding hydrogens is 344 g/mol. The molecule has 3 rings (SSSR count). The molecule has 8 heteroatoms. The summed E-state index contributed by atoms with van der Waals surface area (Å²) in [5.41, 5.74) is 0.445. The summed E-state index contributed by atoms with van der Waals surface area (Å²) < 4.78 is 31.4. The average Bonchev–Trinajstić information content (AvgIpc) is 3.10. The van der Waals surface area contributed by atoms with Crippen LogP contribution in [0, 0.1) is 11.6 Å². The van der Waals surface area contributed by atoms with E-state index in [1.165, 1.54) is 6.07 Å². The Labute approximate surface area is 146 Å². The minimum atomic E-state index is -0.763. The molecule has 0 radical (unpaired) electrons. The summed E-state index contributed by atoms with van der Waals surface area (Å²) in [6.07, 6.45) is 1.07. The van der Waals surface area contributed by atoms with Gasteiger partial charge in [-0.1, -0.05) is 24.3 Å². The molecule has 2 N–H and O–H groups in total. The number of carbonyl (C=O) groups excluding carboxylic acids is 2. The lowest BCUT2D eigenvalue weighted by Gasteiger charge is -2.04. The van der Waals surface area contributed by atoms with E-state index >= 15 is 0 Å². The van der Waals surface area contributed by atoms with Crippen molar-refractivity contribution in [2.24, 2.45) is 0 Å². The highest BCUT2D eigenvalue weighted by Crippen LogP contribution is 2.12. The van der Waals surface area contributed by atoms with Gasteiger partial charge >= 0.3 is 6.01 Å². The van der Waals surface area contributed by atoms with Crippen molar-refractivity contribution in [2.75, 3.05) is 5.32 Å². The first-order valence-electron chi connectivity index (χ1n) is 7.57. The number of benzene rings is 2. The molecule has 0 aliphatic carbocycles. The predicted octanol–water partition coefficient (Wildman–Crippen LogP) is 3.14. The third kappa shape index (κ3) is 4.10. The number of nitrogens with one attached hydrogen (secondary N) is 2. The standard InChI is InChI=1S/C18H13F2N3O3/c19-13-7-6-12(14(20)8-13)9-21-17(25)15-10-26-18(22-15)23-16(24)11-4-2-1-3-5-11/h1-8,10H,9H2,(H,21,25)(H,22,23,24). The van der Waals surface area contributed by atoms with Crippen LogP contribution in [-0.2, 0) is 6.54 Å². The van der Waals surface area contributed by atoms with Gasteiger partial charge in [-0.3, -0.25) is 14.9 Å². The Morgan fingerprint density at radius 3 is 2.54 bits per heavy atom. The van der Waals surface area contributed by atoms with E-state index in [1.54, 1.807) is 30.3 Å². The zero-order valence-electron chi connectivity index (χ0n) is 13.3. The van der Waals surface area contributed by atoms with Gasteiger partial charge in [0.1, 0.15) is 17.9 Å². The number of aromatic nitrogens is 1. The van der Waals surface area contributed by atoms with Crippen LogP contribution in [0.25, 0.3) is 0 Å². The van der Waals surface area contributed by atoms with Gasteiger partial charge < -0.3 is 9.73 Å². The third-order valence-electron chi connectivity index (χ3n) is 3.45. The number of hydrogen-bond donors (Lipinski definition) is 2. The second-order valence-electron chi connectivity index (χ2n) is 5.28. The zero-order chi connectivity index (χ0) is 18.5. The Balaban J connectivity index is 1.60. The second-order valence-corrected chi connectivity index (χ2v) is 5.28. The van der Waals surface area contributed by atoms with Crippen LogP contribution in [0.3, 0.4) is 0 Å². The molecule has 0 spiro atoms. The van der Waals surface area contributed by atoms with Crippen LogP contribution in [0.15, 0.2) is 59.2 Å². The number of hydrogen-bond acceptors (Lipinski definition) is 4. The Morgan fingerprint density at radius 1 is 1.04 bits per heavy atom. The lowest BCUT2D eigenvalue weighted by molar-refractivity contribution is 0.0944. The van der Waals surface area contributed by atoms with E-state index < -0.39 is 23.4 Å². The maximum absolute atomic E-state index is 13.5. The van der Waals surface area contributed by atoms with Crippen molar-refractivity contribution in [3.05, 3.63) is 83.2 Å². The number of halogens is 2. The molecule has 26 heavy (non-hydrogen) atoms. The molecule has 2 amide bonds. The fourth-order valence-corrected chi connectivity index (χ4v) is 2.13. The maximum atomic E-state index is 13.5. The maximum Gasteiger partial charge on any atom is 0.302 e. The quantitative estimate of drug-likeness (QED) is 0.735. The van der Waals surface area contributed by atoms with Gasteiger partial charge in [0, 0.05) is 23.7 Å². The van der Waals surface area contributed by atoms with Crippen molar-refractivity contribution in [3.8, 4) is 0 Å². The van der Waals surface area contributed by atoms with Crippen LogP contribution in [-0.4, -0.2) is 16.8 Å². The van der Waals surface area contributed by atoms with Gasteiger partial charge in [0.15, 0.2) is 5.69 Å². The first-order valence-corrected chi connectivity index (χ1v) is 7.57. The molecule has 132 valence electrons. The van der Waals surface area contributed by atoms with E-state index in [0.29, 0.717) is 5.56 Å². The summed E-state index contributed by atoms with van der Waals surface area (Å²) in [5.74, 6) is -2.53. The fourth-order valence-electron chi connectivity index (χ4n) is 2.13. The minimum absolute atomic E-state index is 0.0871. The van der Waals surface area contributed by atoms with Crippen LogP contribution < -0.4 is 10.6 Å². The number of amides is 2. The van der Waals surface area contributed by atoms with Crippen molar-refractivity contribution >= 4 is 17.8 Å². The second kappa shape index (κ2) is 7.56. The average molecular weight is 357 g/mol. The Morgan fingerprint density at radius 2 is 1.81 bits per heavy atom. The van der Waals surface area contributed by atoms with E-state index in [2.05, 4.69) is 15.6 Å². The van der Waals surface area contributed by atoms with Crippen LogP contribution >= 0.6 is 0 Å². The lowest BCUT2D eigenvalue weighted by atomic mass is 10.2. The van der Waals surface area contributed by atoms with Crippen molar-refractivity contribution in [2.45, 2.75) is 6.54 Å². The van der Waals surface area contributed by atoms with Gasteiger partial charge in [-0.05, 0) is 18.2 Å². The first kappa shape index (κ1) is 17.3. The van der Waals surface area contributed by atoms with Gasteiger partial charge in [-0.15, -0.1) is 0 Å². The van der Waals surface area contributed by atoms with Crippen molar-refractivity contribution in [1.82, 2.24) is 10.3 Å². The summed E-state index contributed by atoms with van der Waals surface area (Å²) in [6, 6.07) is 11.3. The molecule has 6 nitrogen and oxygen atoms in total. The molecule has 3 aromatic rings. The molecule has 0 atom stereocenters. The normalized spacial score (nSPS) is 10.4. The fraction of sp³-hybridized carbons (Fsp3) is 0.0556. The van der Waals surface area contributed by atoms with Crippen LogP contribution in [0.2, 0.25) is 0 Å². The molecule has 0 aliphatic heterocycles. The number of rotatable bonds is 5. The third-order valence-corrected chi connectivity index (χ3v) is 3.45. The van der Waals surface area contributed by atoms with Crippen molar-refractivity contribution < 1.29 is 22.8 Å². The van der Waals surface area contributed by atoms with Gasteiger partial charge in [-0.25, -0.2) is 8.78 Å². The smallest absolute Gasteiger partial charge is 0.302 e.